The van der Waals surface area contributed by atoms with E-state index in [1.807, 2.05) is 31.2 Å². The number of hydrogen-bond donors (Lipinski definition) is 1. The molecule has 3 heterocycles. The number of nitrogens with one attached hydrogen (secondary N) is 1. The molecule has 0 bridgehead atoms. The van der Waals surface area contributed by atoms with E-state index in [9.17, 15) is 0 Å². The molecule has 1 aliphatic heterocycles. The Morgan fingerprint density at radius 1 is 1.12 bits per heavy atom. The molecule has 7 heteroatoms. The third-order valence-corrected chi connectivity index (χ3v) is 4.82. The number of nitrogens with zero attached hydrogens (tertiary/aromatic N) is 4. The van der Waals surface area contributed by atoms with Crippen LogP contribution in [0.2, 0.25) is 0 Å². The van der Waals surface area contributed by atoms with Gasteiger partial charge in [0.15, 0.2) is 5.82 Å². The van der Waals surface area contributed by atoms with E-state index in [1.165, 1.54) is 5.56 Å². The second-order valence-electron chi connectivity index (χ2n) is 6.24. The molecule has 1 fully saturated rings. The molecule has 1 aliphatic rings. The average molecular weight is 414 g/mol. The first kappa shape index (κ1) is 17.2. The van der Waals surface area contributed by atoms with Crippen LogP contribution in [0.1, 0.15) is 11.4 Å². The summed E-state index contributed by atoms with van der Waals surface area (Å²) in [5.41, 5.74) is 2.83. The third-order valence-electron chi connectivity index (χ3n) is 4.32. The van der Waals surface area contributed by atoms with Crippen LogP contribution < -0.4 is 10.2 Å². The Balaban J connectivity index is 1.65. The van der Waals surface area contributed by atoms with Crippen molar-refractivity contribution < 1.29 is 4.74 Å². The monoisotopic (exact) mass is 413 g/mol. The molecule has 0 spiro atoms. The maximum absolute atomic E-state index is 5.44. The van der Waals surface area contributed by atoms with Crippen LogP contribution in [0.3, 0.4) is 0 Å². The molecule has 134 valence electrons. The predicted octanol–water partition coefficient (Wildman–Crippen LogP) is 3.54. The van der Waals surface area contributed by atoms with Gasteiger partial charge in [0.25, 0.3) is 0 Å². The normalized spacial score (nSPS) is 14.6. The van der Waals surface area contributed by atoms with E-state index in [2.05, 4.69) is 48.2 Å². The summed E-state index contributed by atoms with van der Waals surface area (Å²) in [4.78, 5) is 16.2. The molecule has 1 saturated heterocycles. The van der Waals surface area contributed by atoms with Gasteiger partial charge in [-0.15, -0.1) is 0 Å². The van der Waals surface area contributed by atoms with Crippen LogP contribution in [0.25, 0.3) is 11.0 Å². The number of pyridine rings is 1. The summed E-state index contributed by atoms with van der Waals surface area (Å²) < 4.78 is 6.50. The fraction of sp³-hybridized carbons (Fsp3) is 0.316. The average Bonchev–Trinajstić information content (AvgIpc) is 2.66. The van der Waals surface area contributed by atoms with Crippen molar-refractivity contribution in [3.8, 4) is 0 Å². The molecule has 0 radical (unpaired) electrons. The van der Waals surface area contributed by atoms with Crippen LogP contribution >= 0.6 is 15.9 Å². The fourth-order valence-electron chi connectivity index (χ4n) is 3.04. The summed E-state index contributed by atoms with van der Waals surface area (Å²) in [7, 11) is 0. The number of ether oxygens (including phenoxy) is 1. The number of aryl methyl sites for hydroxylation is 1. The molecule has 0 atom stereocenters. The van der Waals surface area contributed by atoms with Gasteiger partial charge >= 0.3 is 0 Å². The number of halogens is 1. The highest BCUT2D eigenvalue weighted by molar-refractivity contribution is 9.10. The highest BCUT2D eigenvalue weighted by Gasteiger charge is 2.15. The summed E-state index contributed by atoms with van der Waals surface area (Å²) in [5.74, 6) is 2.44. The highest BCUT2D eigenvalue weighted by Crippen LogP contribution is 2.23. The van der Waals surface area contributed by atoms with E-state index in [4.69, 9.17) is 9.72 Å². The van der Waals surface area contributed by atoms with Gasteiger partial charge in [-0.05, 0) is 36.8 Å². The lowest BCUT2D eigenvalue weighted by molar-refractivity contribution is 0.122. The number of aromatic nitrogens is 3. The van der Waals surface area contributed by atoms with Crippen molar-refractivity contribution in [3.05, 3.63) is 52.3 Å². The largest absolute Gasteiger partial charge is 0.378 e. The van der Waals surface area contributed by atoms with Gasteiger partial charge in [-0.25, -0.2) is 15.0 Å². The molecule has 4 rings (SSSR count). The Hall–Kier alpha value is -2.25. The molecule has 1 aromatic carbocycles. The first-order chi connectivity index (χ1) is 12.7. The Morgan fingerprint density at radius 3 is 2.77 bits per heavy atom. The number of fused-ring (bicyclic) bond motifs is 1. The van der Waals surface area contributed by atoms with E-state index < -0.39 is 0 Å². The zero-order valence-electron chi connectivity index (χ0n) is 14.6. The first-order valence-electron chi connectivity index (χ1n) is 8.65. The molecule has 0 aliphatic carbocycles. The van der Waals surface area contributed by atoms with Crippen molar-refractivity contribution in [1.82, 2.24) is 15.0 Å². The molecule has 0 unspecified atom stereocenters. The number of morpholine rings is 1. The molecule has 26 heavy (non-hydrogen) atoms. The zero-order valence-corrected chi connectivity index (χ0v) is 16.2. The maximum atomic E-state index is 5.44. The topological polar surface area (TPSA) is 63.2 Å². The van der Waals surface area contributed by atoms with Crippen LogP contribution in [0, 0.1) is 6.92 Å². The smallest absolute Gasteiger partial charge is 0.156 e. The zero-order chi connectivity index (χ0) is 17.9. The summed E-state index contributed by atoms with van der Waals surface area (Å²) in [5, 5.41) is 3.42. The minimum Gasteiger partial charge on any atom is -0.378 e. The lowest BCUT2D eigenvalue weighted by atomic mass is 10.2. The molecule has 0 amide bonds. The maximum Gasteiger partial charge on any atom is 0.156 e. The number of benzene rings is 1. The fourth-order valence-corrected chi connectivity index (χ4v) is 3.49. The molecule has 1 N–H and O–H groups in total. The van der Waals surface area contributed by atoms with Gasteiger partial charge in [-0.1, -0.05) is 28.1 Å². The van der Waals surface area contributed by atoms with Gasteiger partial charge in [-0.3, -0.25) is 0 Å². The standard InChI is InChI=1S/C19H20BrN5O/c1-13-22-16-5-6-17(25-7-9-26-10-8-25)24-18(16)19(23-13)21-12-14-3-2-4-15(20)11-14/h2-6,11H,7-10,12H2,1H3,(H,21,22,23). The lowest BCUT2D eigenvalue weighted by Gasteiger charge is -2.28. The molecule has 3 aromatic rings. The van der Waals surface area contributed by atoms with Gasteiger partial charge < -0.3 is 15.0 Å². The van der Waals surface area contributed by atoms with Crippen molar-refractivity contribution in [3.63, 3.8) is 0 Å². The first-order valence-corrected chi connectivity index (χ1v) is 9.45. The van der Waals surface area contributed by atoms with Gasteiger partial charge in [0.2, 0.25) is 0 Å². The quantitative estimate of drug-likeness (QED) is 0.705. The van der Waals surface area contributed by atoms with Gasteiger partial charge in [-0.2, -0.15) is 0 Å². The molecular weight excluding hydrogens is 394 g/mol. The second-order valence-corrected chi connectivity index (χ2v) is 7.16. The predicted molar refractivity (Wildman–Crippen MR) is 107 cm³/mol. The van der Waals surface area contributed by atoms with Crippen LogP contribution in [0.4, 0.5) is 11.6 Å². The van der Waals surface area contributed by atoms with E-state index in [0.717, 1.165) is 59.3 Å². The second kappa shape index (κ2) is 7.55. The van der Waals surface area contributed by atoms with E-state index in [1.54, 1.807) is 0 Å². The van der Waals surface area contributed by atoms with Crippen molar-refractivity contribution >= 4 is 38.6 Å². The minimum absolute atomic E-state index is 0.675. The molecular formula is C19H20BrN5O. The van der Waals surface area contributed by atoms with Crippen LogP contribution in [0.15, 0.2) is 40.9 Å². The van der Waals surface area contributed by atoms with Crippen molar-refractivity contribution in [2.24, 2.45) is 0 Å². The van der Waals surface area contributed by atoms with Crippen molar-refractivity contribution in [2.75, 3.05) is 36.5 Å². The Bertz CT molecular complexity index is 927. The summed E-state index contributed by atoms with van der Waals surface area (Å²) in [6, 6.07) is 12.3. The van der Waals surface area contributed by atoms with Gasteiger partial charge in [0, 0.05) is 24.1 Å². The highest BCUT2D eigenvalue weighted by atomic mass is 79.9. The molecule has 2 aromatic heterocycles. The Labute approximate surface area is 160 Å². The summed E-state index contributed by atoms with van der Waals surface area (Å²) >= 11 is 3.51. The molecule has 6 nitrogen and oxygen atoms in total. The Kier molecular flexibility index (Phi) is 4.99. The van der Waals surface area contributed by atoms with Gasteiger partial charge in [0.05, 0.1) is 18.7 Å². The van der Waals surface area contributed by atoms with E-state index in [0.29, 0.717) is 6.54 Å². The van der Waals surface area contributed by atoms with E-state index >= 15 is 0 Å². The number of anilines is 2. The third kappa shape index (κ3) is 3.78. The van der Waals surface area contributed by atoms with Crippen LogP contribution in [-0.4, -0.2) is 41.3 Å². The van der Waals surface area contributed by atoms with Crippen LogP contribution in [-0.2, 0) is 11.3 Å². The van der Waals surface area contributed by atoms with Crippen molar-refractivity contribution in [2.45, 2.75) is 13.5 Å². The van der Waals surface area contributed by atoms with Crippen molar-refractivity contribution in [1.29, 1.82) is 0 Å². The SMILES string of the molecule is Cc1nc(NCc2cccc(Br)c2)c2nc(N3CCOCC3)ccc2n1. The number of hydrogen-bond acceptors (Lipinski definition) is 6. The number of rotatable bonds is 4. The summed E-state index contributed by atoms with van der Waals surface area (Å²) in [6.45, 7) is 5.75. The molecule has 0 saturated carbocycles. The lowest BCUT2D eigenvalue weighted by Crippen LogP contribution is -2.36. The minimum atomic E-state index is 0.675. The van der Waals surface area contributed by atoms with Gasteiger partial charge in [0.1, 0.15) is 17.2 Å². The van der Waals surface area contributed by atoms with E-state index in [-0.39, 0.29) is 0 Å². The van der Waals surface area contributed by atoms with Crippen LogP contribution in [0.5, 0.6) is 0 Å². The Morgan fingerprint density at radius 2 is 1.96 bits per heavy atom. The summed E-state index contributed by atoms with van der Waals surface area (Å²) in [6.07, 6.45) is 0.